The highest BCUT2D eigenvalue weighted by Crippen LogP contribution is 2.27. The molecule has 2 aromatic carbocycles. The normalized spacial score (nSPS) is 10.2. The lowest BCUT2D eigenvalue weighted by Gasteiger charge is -2.09. The van der Waals surface area contributed by atoms with E-state index >= 15 is 0 Å². The largest absolute Gasteiger partial charge is 0.454 e. The summed E-state index contributed by atoms with van der Waals surface area (Å²) >= 11 is 3.12. The van der Waals surface area contributed by atoms with Crippen molar-refractivity contribution < 1.29 is 24.0 Å². The zero-order chi connectivity index (χ0) is 21.6. The first kappa shape index (κ1) is 22.0. The molecule has 0 saturated carbocycles. The van der Waals surface area contributed by atoms with E-state index in [0.29, 0.717) is 15.7 Å². The number of nitro groups is 1. The molecule has 2 N–H and O–H groups in total. The van der Waals surface area contributed by atoms with E-state index in [2.05, 4.69) is 26.6 Å². The van der Waals surface area contributed by atoms with Crippen LogP contribution >= 0.6 is 15.9 Å². The van der Waals surface area contributed by atoms with Crippen molar-refractivity contribution in [2.24, 2.45) is 0 Å². The van der Waals surface area contributed by atoms with Crippen molar-refractivity contribution in [2.45, 2.75) is 13.8 Å². The molecule has 0 aliphatic rings. The molecule has 152 valence electrons. The Balaban J connectivity index is 1.80. The molecule has 0 saturated heterocycles. The van der Waals surface area contributed by atoms with Crippen LogP contribution in [0.25, 0.3) is 0 Å². The Morgan fingerprint density at radius 2 is 1.83 bits per heavy atom. The van der Waals surface area contributed by atoms with Crippen LogP contribution in [0.4, 0.5) is 11.4 Å². The van der Waals surface area contributed by atoms with Crippen LogP contribution in [0.1, 0.15) is 21.5 Å². The zero-order valence-corrected chi connectivity index (χ0v) is 17.2. The lowest BCUT2D eigenvalue weighted by atomic mass is 10.1. The van der Waals surface area contributed by atoms with Crippen molar-refractivity contribution in [3.8, 4) is 0 Å². The van der Waals surface area contributed by atoms with Crippen LogP contribution < -0.4 is 10.6 Å². The van der Waals surface area contributed by atoms with Gasteiger partial charge >= 0.3 is 5.97 Å². The first-order valence-corrected chi connectivity index (χ1v) is 9.21. The maximum absolute atomic E-state index is 12.1. The summed E-state index contributed by atoms with van der Waals surface area (Å²) in [7, 11) is 0. The van der Waals surface area contributed by atoms with E-state index < -0.39 is 29.3 Å². The van der Waals surface area contributed by atoms with E-state index in [4.69, 9.17) is 4.74 Å². The molecule has 0 aliphatic carbocycles. The van der Waals surface area contributed by atoms with Gasteiger partial charge in [-0.3, -0.25) is 24.5 Å². The molecule has 0 fully saturated rings. The monoisotopic (exact) mass is 463 g/mol. The Hall–Kier alpha value is -3.27. The third-order valence-corrected chi connectivity index (χ3v) is 4.62. The molecule has 0 radical (unpaired) electrons. The maximum atomic E-state index is 12.1. The van der Waals surface area contributed by atoms with Gasteiger partial charge in [0, 0.05) is 22.2 Å². The van der Waals surface area contributed by atoms with Crippen LogP contribution in [0.5, 0.6) is 0 Å². The first-order valence-electron chi connectivity index (χ1n) is 8.42. The summed E-state index contributed by atoms with van der Waals surface area (Å²) in [5, 5.41) is 15.6. The molecule has 0 heterocycles. The first-order chi connectivity index (χ1) is 13.7. The zero-order valence-electron chi connectivity index (χ0n) is 15.7. The van der Waals surface area contributed by atoms with Gasteiger partial charge in [0.15, 0.2) is 6.61 Å². The van der Waals surface area contributed by atoms with Crippen molar-refractivity contribution in [2.75, 3.05) is 18.5 Å². The number of rotatable bonds is 7. The third-order valence-electron chi connectivity index (χ3n) is 3.96. The number of ether oxygens (including phenoxy) is 1. The Morgan fingerprint density at radius 3 is 2.45 bits per heavy atom. The number of hydrogen-bond acceptors (Lipinski definition) is 6. The van der Waals surface area contributed by atoms with Crippen LogP contribution in [0.15, 0.2) is 40.9 Å². The van der Waals surface area contributed by atoms with E-state index in [1.165, 1.54) is 18.2 Å². The van der Waals surface area contributed by atoms with Gasteiger partial charge < -0.3 is 15.4 Å². The lowest BCUT2D eigenvalue weighted by Crippen LogP contribution is -2.32. The third kappa shape index (κ3) is 6.39. The Labute approximate surface area is 174 Å². The lowest BCUT2D eigenvalue weighted by molar-refractivity contribution is -0.384. The number of halogens is 1. The minimum Gasteiger partial charge on any atom is -0.454 e. The van der Waals surface area contributed by atoms with E-state index in [9.17, 15) is 24.5 Å². The summed E-state index contributed by atoms with van der Waals surface area (Å²) in [6.45, 7) is 2.85. The number of hydrogen-bond donors (Lipinski definition) is 2. The number of carbonyl (C=O) groups is 3. The van der Waals surface area contributed by atoms with Crippen LogP contribution in [0.3, 0.4) is 0 Å². The molecule has 9 nitrogen and oxygen atoms in total. The number of anilines is 1. The van der Waals surface area contributed by atoms with Gasteiger partial charge in [0.25, 0.3) is 17.5 Å². The second-order valence-electron chi connectivity index (χ2n) is 6.11. The second kappa shape index (κ2) is 9.78. The summed E-state index contributed by atoms with van der Waals surface area (Å²) in [4.78, 5) is 45.8. The minimum absolute atomic E-state index is 0.138. The maximum Gasteiger partial charge on any atom is 0.325 e. The summed E-state index contributed by atoms with van der Waals surface area (Å²) in [5.74, 6) is -1.84. The van der Waals surface area contributed by atoms with Crippen LogP contribution in [-0.2, 0) is 14.3 Å². The summed E-state index contributed by atoms with van der Waals surface area (Å²) < 4.78 is 5.13. The smallest absolute Gasteiger partial charge is 0.325 e. The van der Waals surface area contributed by atoms with E-state index in [0.717, 1.165) is 11.1 Å². The fourth-order valence-corrected chi connectivity index (χ4v) is 2.71. The molecule has 2 rings (SSSR count). The van der Waals surface area contributed by atoms with Gasteiger partial charge in [-0.05, 0) is 59.1 Å². The number of carbonyl (C=O) groups excluding carboxylic acids is 3. The van der Waals surface area contributed by atoms with E-state index in [1.807, 2.05) is 19.9 Å². The van der Waals surface area contributed by atoms with Crippen molar-refractivity contribution in [1.82, 2.24) is 5.32 Å². The van der Waals surface area contributed by atoms with Crippen LogP contribution in [-0.4, -0.2) is 35.9 Å². The Kier molecular flexibility index (Phi) is 7.43. The van der Waals surface area contributed by atoms with Gasteiger partial charge in [0.05, 0.1) is 10.6 Å². The number of aryl methyl sites for hydroxylation is 2. The molecule has 0 spiro atoms. The SMILES string of the molecule is Cc1ccc(C(=O)NCC(=O)OCC(=O)Nc2ccc([N+](=O)[O-])cc2Br)cc1C. The van der Waals surface area contributed by atoms with E-state index in [1.54, 1.807) is 12.1 Å². The van der Waals surface area contributed by atoms with Crippen molar-refractivity contribution in [1.29, 1.82) is 0 Å². The molecular weight excluding hydrogens is 446 g/mol. The fourth-order valence-electron chi connectivity index (χ4n) is 2.24. The number of nitro benzene ring substituents is 1. The molecule has 29 heavy (non-hydrogen) atoms. The molecule has 2 aromatic rings. The van der Waals surface area contributed by atoms with Gasteiger partial charge in [-0.2, -0.15) is 0 Å². The molecule has 0 aliphatic heterocycles. The predicted octanol–water partition coefficient (Wildman–Crippen LogP) is 2.89. The Morgan fingerprint density at radius 1 is 1.10 bits per heavy atom. The molecule has 0 bridgehead atoms. The minimum atomic E-state index is -0.778. The second-order valence-corrected chi connectivity index (χ2v) is 6.97. The average molecular weight is 464 g/mol. The summed E-state index contributed by atoms with van der Waals surface area (Å²) in [5.41, 5.74) is 2.57. The van der Waals surface area contributed by atoms with Gasteiger partial charge in [-0.1, -0.05) is 6.07 Å². The number of esters is 1. The fraction of sp³-hybridized carbons (Fsp3) is 0.211. The van der Waals surface area contributed by atoms with Gasteiger partial charge in [-0.15, -0.1) is 0 Å². The van der Waals surface area contributed by atoms with Crippen LogP contribution in [0, 0.1) is 24.0 Å². The van der Waals surface area contributed by atoms with Crippen molar-refractivity contribution >= 4 is 45.1 Å². The molecule has 2 amide bonds. The summed E-state index contributed by atoms with van der Waals surface area (Å²) in [6.07, 6.45) is 0. The Bertz CT molecular complexity index is 976. The number of benzene rings is 2. The molecule has 10 heteroatoms. The van der Waals surface area contributed by atoms with Crippen molar-refractivity contribution in [3.05, 3.63) is 67.7 Å². The molecule has 0 unspecified atom stereocenters. The summed E-state index contributed by atoms with van der Waals surface area (Å²) in [6, 6.07) is 9.00. The van der Waals surface area contributed by atoms with Crippen LogP contribution in [0.2, 0.25) is 0 Å². The number of nitrogens with one attached hydrogen (secondary N) is 2. The molecule has 0 aromatic heterocycles. The van der Waals surface area contributed by atoms with Gasteiger partial charge in [0.2, 0.25) is 0 Å². The van der Waals surface area contributed by atoms with Gasteiger partial charge in [-0.25, -0.2) is 0 Å². The highest BCUT2D eigenvalue weighted by molar-refractivity contribution is 9.10. The topological polar surface area (TPSA) is 128 Å². The standard InChI is InChI=1S/C19H18BrN3O6/c1-11-3-4-13(7-12(11)2)19(26)21-9-18(25)29-10-17(24)22-16-6-5-14(23(27)28)8-15(16)20/h3-8H,9-10H2,1-2H3,(H,21,26)(H,22,24). The number of non-ortho nitro benzene ring substituents is 1. The van der Waals surface area contributed by atoms with E-state index in [-0.39, 0.29) is 12.2 Å². The quantitative estimate of drug-likeness (QED) is 0.369. The predicted molar refractivity (Wildman–Crippen MR) is 109 cm³/mol. The average Bonchev–Trinajstić information content (AvgIpc) is 2.68. The highest BCUT2D eigenvalue weighted by Gasteiger charge is 2.14. The molecular formula is C19H18BrN3O6. The van der Waals surface area contributed by atoms with Gasteiger partial charge in [0.1, 0.15) is 6.54 Å². The molecule has 0 atom stereocenters. The van der Waals surface area contributed by atoms with Crippen molar-refractivity contribution in [3.63, 3.8) is 0 Å². The number of nitrogens with zero attached hydrogens (tertiary/aromatic N) is 1. The number of amides is 2. The highest BCUT2D eigenvalue weighted by atomic mass is 79.9.